The second-order valence-corrected chi connectivity index (χ2v) is 9.01. The van der Waals surface area contributed by atoms with Crippen molar-refractivity contribution in [3.63, 3.8) is 0 Å². The van der Waals surface area contributed by atoms with Gasteiger partial charge in [0.2, 0.25) is 0 Å². The number of nitrogens with zero attached hydrogens (tertiary/aromatic N) is 1. The maximum absolute atomic E-state index is 11.8. The Morgan fingerprint density at radius 3 is 2.08 bits per heavy atom. The summed E-state index contributed by atoms with van der Waals surface area (Å²) in [5.74, 6) is 0. The van der Waals surface area contributed by atoms with Gasteiger partial charge in [0.05, 0.1) is 16.6 Å². The molecule has 0 saturated heterocycles. The van der Waals surface area contributed by atoms with E-state index in [4.69, 9.17) is 4.89 Å². The highest BCUT2D eigenvalue weighted by molar-refractivity contribution is 7.66. The largest absolute Gasteiger partial charge is 0.490 e. The van der Waals surface area contributed by atoms with Crippen molar-refractivity contribution < 1.29 is 51.0 Å². The standard InChI is InChI=1S/C9H14NO12P3/c1-7(8-5-3-4-6-9(8)10(11)12)20-24(15,16)22-25(17,18)21-23(13,14)19-2/h3-7H,1-2H3,(H,13,14)(H,15,16)(H,17,18). The first-order valence-corrected chi connectivity index (χ1v) is 10.7. The van der Waals surface area contributed by atoms with E-state index in [0.29, 0.717) is 7.11 Å². The van der Waals surface area contributed by atoms with Gasteiger partial charge < -0.3 is 14.7 Å². The number of phosphoric acid groups is 3. The van der Waals surface area contributed by atoms with Crippen LogP contribution in [-0.4, -0.2) is 26.7 Å². The molecule has 0 bridgehead atoms. The second-order valence-electron chi connectivity index (χ2n) is 4.32. The lowest BCUT2D eigenvalue weighted by Crippen LogP contribution is -2.04. The SMILES string of the molecule is COP(=O)(O)OP(=O)(O)OP(=O)(O)OC(C)c1ccccc1[N+](=O)[O-]. The first-order valence-electron chi connectivity index (χ1n) is 6.17. The average molecular weight is 421 g/mol. The summed E-state index contributed by atoms with van der Waals surface area (Å²) in [5, 5.41) is 10.9. The normalized spacial score (nSPS) is 20.0. The van der Waals surface area contributed by atoms with Gasteiger partial charge in [0, 0.05) is 13.2 Å². The van der Waals surface area contributed by atoms with Crippen LogP contribution in [0.4, 0.5) is 5.69 Å². The molecule has 0 amide bonds. The highest BCUT2D eigenvalue weighted by Crippen LogP contribution is 2.68. The second kappa shape index (κ2) is 8.15. The zero-order valence-corrected chi connectivity index (χ0v) is 15.4. The highest BCUT2D eigenvalue weighted by atomic mass is 31.3. The van der Waals surface area contributed by atoms with Crippen LogP contribution < -0.4 is 0 Å². The number of nitro benzene ring substituents is 1. The van der Waals surface area contributed by atoms with E-state index in [1.165, 1.54) is 18.2 Å². The number of para-hydroxylation sites is 1. The first kappa shape index (κ1) is 22.1. The van der Waals surface area contributed by atoms with Crippen molar-refractivity contribution in [2.75, 3.05) is 7.11 Å². The number of nitro groups is 1. The van der Waals surface area contributed by atoms with Crippen molar-refractivity contribution in [3.8, 4) is 0 Å². The summed E-state index contributed by atoms with van der Waals surface area (Å²) >= 11 is 0. The predicted octanol–water partition coefficient (Wildman–Crippen LogP) is 2.65. The van der Waals surface area contributed by atoms with Gasteiger partial charge in [0.1, 0.15) is 0 Å². The minimum absolute atomic E-state index is 0.121. The van der Waals surface area contributed by atoms with Crippen LogP contribution in [0.25, 0.3) is 0 Å². The average Bonchev–Trinajstić information content (AvgIpc) is 2.44. The molecule has 0 radical (unpaired) electrons. The van der Waals surface area contributed by atoms with E-state index in [-0.39, 0.29) is 5.56 Å². The van der Waals surface area contributed by atoms with Gasteiger partial charge in [-0.05, 0) is 13.0 Å². The van der Waals surface area contributed by atoms with Crippen LogP contribution in [-0.2, 0) is 31.4 Å². The van der Waals surface area contributed by atoms with Crippen molar-refractivity contribution in [1.82, 2.24) is 0 Å². The van der Waals surface area contributed by atoms with Crippen molar-refractivity contribution in [1.29, 1.82) is 0 Å². The number of rotatable bonds is 9. The molecule has 4 atom stereocenters. The van der Waals surface area contributed by atoms with E-state index in [2.05, 4.69) is 17.7 Å². The molecule has 0 aromatic heterocycles. The molecule has 1 aromatic carbocycles. The van der Waals surface area contributed by atoms with Gasteiger partial charge in [-0.1, -0.05) is 12.1 Å². The van der Waals surface area contributed by atoms with Crippen LogP contribution in [0.3, 0.4) is 0 Å². The monoisotopic (exact) mass is 421 g/mol. The third-order valence-electron chi connectivity index (χ3n) is 2.51. The van der Waals surface area contributed by atoms with Crippen molar-refractivity contribution in [2.45, 2.75) is 13.0 Å². The van der Waals surface area contributed by atoms with E-state index < -0.39 is 40.2 Å². The molecule has 1 aromatic rings. The molecule has 142 valence electrons. The summed E-state index contributed by atoms with van der Waals surface area (Å²) in [5.41, 5.74) is -0.554. The lowest BCUT2D eigenvalue weighted by atomic mass is 10.1. The molecule has 16 heteroatoms. The molecular formula is C9H14NO12P3. The van der Waals surface area contributed by atoms with E-state index in [0.717, 1.165) is 13.0 Å². The molecule has 1 rings (SSSR count). The topological polar surface area (TPSA) is 192 Å². The van der Waals surface area contributed by atoms with Crippen molar-refractivity contribution in [3.05, 3.63) is 39.9 Å². The molecular weight excluding hydrogens is 407 g/mol. The van der Waals surface area contributed by atoms with Crippen LogP contribution in [0.2, 0.25) is 0 Å². The third kappa shape index (κ3) is 7.04. The molecule has 4 unspecified atom stereocenters. The lowest BCUT2D eigenvalue weighted by molar-refractivity contribution is -0.386. The predicted molar refractivity (Wildman–Crippen MR) is 81.3 cm³/mol. The van der Waals surface area contributed by atoms with Gasteiger partial charge in [-0.2, -0.15) is 8.62 Å². The Labute approximate surface area is 141 Å². The molecule has 25 heavy (non-hydrogen) atoms. The smallest absolute Gasteiger partial charge is 0.302 e. The minimum atomic E-state index is -5.54. The molecule has 0 saturated carbocycles. The van der Waals surface area contributed by atoms with Crippen LogP contribution in [0.5, 0.6) is 0 Å². The summed E-state index contributed by atoms with van der Waals surface area (Å²) < 4.78 is 50.3. The van der Waals surface area contributed by atoms with E-state index >= 15 is 0 Å². The molecule has 13 nitrogen and oxygen atoms in total. The minimum Gasteiger partial charge on any atom is -0.302 e. The van der Waals surface area contributed by atoms with Crippen molar-refractivity contribution >= 4 is 29.2 Å². The van der Waals surface area contributed by atoms with Gasteiger partial charge in [0.25, 0.3) is 5.69 Å². The van der Waals surface area contributed by atoms with Gasteiger partial charge in [-0.3, -0.25) is 19.2 Å². The fourth-order valence-corrected chi connectivity index (χ4v) is 4.99. The molecule has 0 fully saturated rings. The number of benzene rings is 1. The fraction of sp³-hybridized carbons (Fsp3) is 0.333. The van der Waals surface area contributed by atoms with Crippen molar-refractivity contribution in [2.24, 2.45) is 0 Å². The maximum Gasteiger partial charge on any atom is 0.490 e. The molecule has 0 heterocycles. The Balaban J connectivity index is 2.94. The van der Waals surface area contributed by atoms with E-state index in [1.807, 2.05) is 0 Å². The van der Waals surface area contributed by atoms with Crippen LogP contribution >= 0.6 is 23.5 Å². The molecule has 3 N–H and O–H groups in total. The molecule has 0 aliphatic heterocycles. The molecule has 0 aliphatic carbocycles. The van der Waals surface area contributed by atoms with Crippen LogP contribution in [0.1, 0.15) is 18.6 Å². The summed E-state index contributed by atoms with van der Waals surface area (Å²) in [6.45, 7) is 1.14. The molecule has 0 aliphatic rings. The van der Waals surface area contributed by atoms with Gasteiger partial charge in [-0.25, -0.2) is 13.7 Å². The quantitative estimate of drug-likeness (QED) is 0.300. The third-order valence-corrected chi connectivity index (χ3v) is 6.85. The van der Waals surface area contributed by atoms with Gasteiger partial charge >= 0.3 is 23.5 Å². The molecule has 0 spiro atoms. The van der Waals surface area contributed by atoms with Gasteiger partial charge in [0.15, 0.2) is 0 Å². The van der Waals surface area contributed by atoms with Crippen LogP contribution in [0, 0.1) is 10.1 Å². The van der Waals surface area contributed by atoms with Gasteiger partial charge in [-0.15, -0.1) is 0 Å². The Morgan fingerprint density at radius 1 is 1.04 bits per heavy atom. The summed E-state index contributed by atoms with van der Waals surface area (Å²) in [4.78, 5) is 37.8. The van der Waals surface area contributed by atoms with Crippen LogP contribution in [0.15, 0.2) is 24.3 Å². The highest BCUT2D eigenvalue weighted by Gasteiger charge is 2.42. The lowest BCUT2D eigenvalue weighted by Gasteiger charge is -2.20. The summed E-state index contributed by atoms with van der Waals surface area (Å²) in [6, 6.07) is 5.08. The fourth-order valence-electron chi connectivity index (χ4n) is 1.58. The summed E-state index contributed by atoms with van der Waals surface area (Å²) in [6.07, 6.45) is -1.42. The summed E-state index contributed by atoms with van der Waals surface area (Å²) in [7, 11) is -15.2. The number of hydrogen-bond acceptors (Lipinski definition) is 9. The number of phosphoric ester groups is 2. The first-order chi connectivity index (χ1) is 11.3. The Bertz CT molecular complexity index is 781. The van der Waals surface area contributed by atoms with E-state index in [9.17, 15) is 33.6 Å². The Hall–Kier alpha value is -0.970. The Morgan fingerprint density at radius 2 is 1.56 bits per heavy atom. The van der Waals surface area contributed by atoms with E-state index in [1.54, 1.807) is 0 Å². The maximum atomic E-state index is 11.8. The zero-order chi connectivity index (χ0) is 19.5. The Kier molecular flexibility index (Phi) is 7.20. The zero-order valence-electron chi connectivity index (χ0n) is 12.7. The number of hydrogen-bond donors (Lipinski definition) is 3.